The maximum Gasteiger partial charge on any atom is 0.226 e. The van der Waals surface area contributed by atoms with Crippen LogP contribution in [0.5, 0.6) is 0 Å². The van der Waals surface area contributed by atoms with Crippen molar-refractivity contribution in [1.82, 2.24) is 20.1 Å². The summed E-state index contributed by atoms with van der Waals surface area (Å²) in [6.07, 6.45) is 0.346. The van der Waals surface area contributed by atoms with E-state index in [-0.39, 0.29) is 11.3 Å². The molecule has 2 aromatic heterocycles. The van der Waals surface area contributed by atoms with Gasteiger partial charge in [-0.3, -0.25) is 9.48 Å². The lowest BCUT2D eigenvalue weighted by Crippen LogP contribution is -2.31. The summed E-state index contributed by atoms with van der Waals surface area (Å²) in [7, 11) is 0. The Morgan fingerprint density at radius 1 is 1.38 bits per heavy atom. The predicted molar refractivity (Wildman–Crippen MR) is 98.4 cm³/mol. The molecule has 0 fully saturated rings. The van der Waals surface area contributed by atoms with E-state index in [1.54, 1.807) is 11.3 Å². The fourth-order valence-corrected chi connectivity index (χ4v) is 3.37. The summed E-state index contributed by atoms with van der Waals surface area (Å²) in [6, 6.07) is 2.07. The number of nitrogens with one attached hydrogen (secondary N) is 1. The van der Waals surface area contributed by atoms with Crippen molar-refractivity contribution in [1.29, 1.82) is 0 Å². The monoisotopic (exact) mass is 348 g/mol. The predicted octanol–water partition coefficient (Wildman–Crippen LogP) is 3.25. The maximum absolute atomic E-state index is 12.1. The van der Waals surface area contributed by atoms with Gasteiger partial charge >= 0.3 is 0 Å². The van der Waals surface area contributed by atoms with E-state index in [4.69, 9.17) is 0 Å². The molecule has 0 aliphatic rings. The highest BCUT2D eigenvalue weighted by Crippen LogP contribution is 2.25. The van der Waals surface area contributed by atoms with E-state index in [0.717, 1.165) is 28.6 Å². The van der Waals surface area contributed by atoms with Crippen LogP contribution < -0.4 is 5.32 Å². The Morgan fingerprint density at radius 3 is 2.62 bits per heavy atom. The third-order valence-electron chi connectivity index (χ3n) is 3.77. The van der Waals surface area contributed by atoms with Crippen molar-refractivity contribution in [2.75, 3.05) is 6.54 Å². The number of hydrogen-bond donors (Lipinski definition) is 1. The first-order valence-corrected chi connectivity index (χ1v) is 9.25. The standard InChI is InChI=1S/C18H28N4OS/c1-12(10-22-14(3)7-13(2)21-22)9-19-16(23)8-15-11-24-17(20-15)18(4,5)6/h7,11-12H,8-10H2,1-6H3,(H,19,23)/t12-/m0/s1. The Bertz CT molecular complexity index is 696. The summed E-state index contributed by atoms with van der Waals surface area (Å²) in [5.41, 5.74) is 3.08. The summed E-state index contributed by atoms with van der Waals surface area (Å²) in [5, 5.41) is 10.5. The van der Waals surface area contributed by atoms with Crippen LogP contribution in [0.3, 0.4) is 0 Å². The van der Waals surface area contributed by atoms with E-state index in [0.29, 0.717) is 18.9 Å². The van der Waals surface area contributed by atoms with Gasteiger partial charge in [0, 0.05) is 29.6 Å². The Morgan fingerprint density at radius 2 is 2.08 bits per heavy atom. The molecule has 0 saturated carbocycles. The highest BCUT2D eigenvalue weighted by atomic mass is 32.1. The molecular weight excluding hydrogens is 320 g/mol. The molecule has 0 aliphatic carbocycles. The molecule has 1 N–H and O–H groups in total. The van der Waals surface area contributed by atoms with E-state index < -0.39 is 0 Å². The van der Waals surface area contributed by atoms with E-state index >= 15 is 0 Å². The molecule has 0 saturated heterocycles. The summed E-state index contributed by atoms with van der Waals surface area (Å²) >= 11 is 1.63. The van der Waals surface area contributed by atoms with Gasteiger partial charge in [0.1, 0.15) is 0 Å². The molecule has 6 heteroatoms. The van der Waals surface area contributed by atoms with Crippen molar-refractivity contribution in [3.63, 3.8) is 0 Å². The largest absolute Gasteiger partial charge is 0.355 e. The third kappa shape index (κ3) is 5.16. The first-order valence-electron chi connectivity index (χ1n) is 8.38. The van der Waals surface area contributed by atoms with Crippen molar-refractivity contribution in [3.05, 3.63) is 33.5 Å². The molecule has 24 heavy (non-hydrogen) atoms. The summed E-state index contributed by atoms with van der Waals surface area (Å²) in [4.78, 5) is 16.7. The van der Waals surface area contributed by atoms with Crippen LogP contribution in [0.1, 0.15) is 49.8 Å². The second-order valence-electron chi connectivity index (χ2n) is 7.59. The molecule has 5 nitrogen and oxygen atoms in total. The van der Waals surface area contributed by atoms with Gasteiger partial charge in [0.2, 0.25) is 5.91 Å². The van der Waals surface area contributed by atoms with Crippen LogP contribution in [0, 0.1) is 19.8 Å². The molecule has 0 spiro atoms. The highest BCUT2D eigenvalue weighted by Gasteiger charge is 2.19. The lowest BCUT2D eigenvalue weighted by atomic mass is 9.98. The van der Waals surface area contributed by atoms with E-state index in [1.807, 2.05) is 17.0 Å². The number of aromatic nitrogens is 3. The molecule has 2 aromatic rings. The van der Waals surface area contributed by atoms with Crippen LogP contribution in [-0.2, 0) is 23.2 Å². The second kappa shape index (κ2) is 7.47. The van der Waals surface area contributed by atoms with Gasteiger partial charge < -0.3 is 5.32 Å². The number of amides is 1. The fourth-order valence-electron chi connectivity index (χ4n) is 2.47. The first kappa shape index (κ1) is 18.6. The van der Waals surface area contributed by atoms with Gasteiger partial charge in [-0.2, -0.15) is 5.10 Å². The minimum absolute atomic E-state index is 0.0287. The Balaban J connectivity index is 1.80. The molecule has 1 atom stereocenters. The zero-order valence-corrected chi connectivity index (χ0v) is 16.3. The van der Waals surface area contributed by atoms with Gasteiger partial charge in [0.15, 0.2) is 0 Å². The molecule has 132 valence electrons. The summed E-state index contributed by atoms with van der Waals surface area (Å²) < 4.78 is 2.00. The van der Waals surface area contributed by atoms with E-state index in [9.17, 15) is 4.79 Å². The van der Waals surface area contributed by atoms with Crippen molar-refractivity contribution in [2.45, 2.75) is 59.9 Å². The number of aryl methyl sites for hydroxylation is 2. The Hall–Kier alpha value is -1.69. The molecule has 0 unspecified atom stereocenters. The summed E-state index contributed by atoms with van der Waals surface area (Å²) in [6.45, 7) is 14.0. The number of thiazole rings is 1. The van der Waals surface area contributed by atoms with Gasteiger partial charge in [-0.05, 0) is 25.8 Å². The zero-order chi connectivity index (χ0) is 17.9. The molecule has 2 heterocycles. The lowest BCUT2D eigenvalue weighted by molar-refractivity contribution is -0.120. The van der Waals surface area contributed by atoms with E-state index in [2.05, 4.69) is 56.1 Å². The molecule has 0 bridgehead atoms. The molecule has 0 aliphatic heterocycles. The topological polar surface area (TPSA) is 59.8 Å². The van der Waals surface area contributed by atoms with Gasteiger partial charge in [0.05, 0.1) is 22.8 Å². The Kier molecular flexibility index (Phi) is 5.80. The minimum Gasteiger partial charge on any atom is -0.355 e. The van der Waals surface area contributed by atoms with Crippen molar-refractivity contribution in [3.8, 4) is 0 Å². The zero-order valence-electron chi connectivity index (χ0n) is 15.5. The molecular formula is C18H28N4OS. The first-order chi connectivity index (χ1) is 11.1. The van der Waals surface area contributed by atoms with Crippen LogP contribution in [0.15, 0.2) is 11.4 Å². The molecule has 2 rings (SSSR count). The van der Waals surface area contributed by atoms with Crippen LogP contribution in [0.2, 0.25) is 0 Å². The van der Waals surface area contributed by atoms with Crippen molar-refractivity contribution >= 4 is 17.2 Å². The van der Waals surface area contributed by atoms with E-state index in [1.165, 1.54) is 0 Å². The second-order valence-corrected chi connectivity index (χ2v) is 8.45. The Labute approximate surface area is 148 Å². The number of hydrogen-bond acceptors (Lipinski definition) is 4. The number of carbonyl (C=O) groups is 1. The van der Waals surface area contributed by atoms with Gasteiger partial charge in [-0.1, -0.05) is 27.7 Å². The van der Waals surface area contributed by atoms with Crippen molar-refractivity contribution in [2.24, 2.45) is 5.92 Å². The molecule has 0 radical (unpaired) electrons. The van der Waals surface area contributed by atoms with Crippen LogP contribution in [-0.4, -0.2) is 27.2 Å². The quantitative estimate of drug-likeness (QED) is 0.872. The minimum atomic E-state index is 0.0287. The average Bonchev–Trinajstić information content (AvgIpc) is 3.03. The van der Waals surface area contributed by atoms with Gasteiger partial charge in [-0.25, -0.2) is 4.98 Å². The number of carbonyl (C=O) groups excluding carboxylic acids is 1. The smallest absolute Gasteiger partial charge is 0.226 e. The van der Waals surface area contributed by atoms with Crippen molar-refractivity contribution < 1.29 is 4.79 Å². The average molecular weight is 349 g/mol. The highest BCUT2D eigenvalue weighted by molar-refractivity contribution is 7.09. The lowest BCUT2D eigenvalue weighted by Gasteiger charge is -2.14. The van der Waals surface area contributed by atoms with Crippen LogP contribution >= 0.6 is 11.3 Å². The fraction of sp³-hybridized carbons (Fsp3) is 0.611. The SMILES string of the molecule is Cc1cc(C)n(C[C@@H](C)CNC(=O)Cc2csc(C(C)(C)C)n2)n1. The van der Waals surface area contributed by atoms with Crippen LogP contribution in [0.4, 0.5) is 0 Å². The number of rotatable bonds is 6. The maximum atomic E-state index is 12.1. The van der Waals surface area contributed by atoms with Gasteiger partial charge in [0.25, 0.3) is 0 Å². The number of nitrogens with zero attached hydrogens (tertiary/aromatic N) is 3. The molecule has 0 aromatic carbocycles. The molecule has 1 amide bonds. The normalized spacial score (nSPS) is 13.1. The summed E-state index contributed by atoms with van der Waals surface area (Å²) in [5.74, 6) is 0.355. The van der Waals surface area contributed by atoms with Crippen LogP contribution in [0.25, 0.3) is 0 Å². The third-order valence-corrected chi connectivity index (χ3v) is 5.09. The van der Waals surface area contributed by atoms with Gasteiger partial charge in [-0.15, -0.1) is 11.3 Å².